The third-order valence-corrected chi connectivity index (χ3v) is 9.82. The summed E-state index contributed by atoms with van der Waals surface area (Å²) in [5, 5.41) is 9.99. The lowest BCUT2D eigenvalue weighted by atomic mass is 9.64. The van der Waals surface area contributed by atoms with Crippen molar-refractivity contribution in [3.8, 4) is 11.4 Å². The SMILES string of the molecule is O=C1N(c2ccc(F)cc2)C(=O)C2(Cl)C(c3ccc(O)cc3)C3=CCn4c(=O)n(-c5ccccc5)c(=O)n4C3CC12Cl. The number of aromatic nitrogens is 3. The fraction of sp³-hybridized carbons (Fsp3) is 0.200. The Balaban J connectivity index is 1.46. The van der Waals surface area contributed by atoms with Crippen molar-refractivity contribution in [2.24, 2.45) is 0 Å². The number of anilines is 1. The van der Waals surface area contributed by atoms with Gasteiger partial charge in [-0.05, 0) is 59.7 Å². The highest BCUT2D eigenvalue weighted by Crippen LogP contribution is 2.63. The summed E-state index contributed by atoms with van der Waals surface area (Å²) < 4.78 is 17.3. The fourth-order valence-electron chi connectivity index (χ4n) is 6.50. The minimum absolute atomic E-state index is 0.000389. The summed E-state index contributed by atoms with van der Waals surface area (Å²) in [5.74, 6) is -3.25. The minimum Gasteiger partial charge on any atom is -0.508 e. The number of carbonyl (C=O) groups is 2. The van der Waals surface area contributed by atoms with Gasteiger partial charge in [0.1, 0.15) is 11.6 Å². The lowest BCUT2D eigenvalue weighted by Crippen LogP contribution is -2.59. The Kier molecular flexibility index (Phi) is 5.70. The lowest BCUT2D eigenvalue weighted by Gasteiger charge is -2.49. The number of aromatic hydroxyl groups is 1. The first-order valence-corrected chi connectivity index (χ1v) is 13.8. The van der Waals surface area contributed by atoms with Crippen LogP contribution in [0.4, 0.5) is 10.1 Å². The Morgan fingerprint density at radius 3 is 2.14 bits per heavy atom. The van der Waals surface area contributed by atoms with Gasteiger partial charge in [0.2, 0.25) is 0 Å². The fourth-order valence-corrected chi connectivity index (χ4v) is 7.41. The molecule has 2 fully saturated rings. The molecule has 1 N–H and O–H groups in total. The second-order valence-electron chi connectivity index (χ2n) is 10.5. The molecule has 7 rings (SSSR count). The number of carbonyl (C=O) groups excluding carboxylic acids is 2. The molecule has 2 amide bonds. The summed E-state index contributed by atoms with van der Waals surface area (Å²) >= 11 is 14.5. The first-order chi connectivity index (χ1) is 20.1. The molecule has 9 nitrogen and oxygen atoms in total. The number of rotatable bonds is 3. The normalized spacial score (nSPS) is 26.5. The molecule has 0 bridgehead atoms. The third-order valence-electron chi connectivity index (χ3n) is 8.40. The van der Waals surface area contributed by atoms with E-state index in [4.69, 9.17) is 23.2 Å². The van der Waals surface area contributed by atoms with Crippen LogP contribution in [-0.2, 0) is 16.1 Å². The number of phenols is 1. The van der Waals surface area contributed by atoms with Gasteiger partial charge in [0.05, 0.1) is 24.0 Å². The van der Waals surface area contributed by atoms with Crippen LogP contribution in [0, 0.1) is 5.82 Å². The van der Waals surface area contributed by atoms with Crippen LogP contribution in [0.2, 0.25) is 0 Å². The maximum absolute atomic E-state index is 14.2. The number of allylic oxidation sites excluding steroid dienone is 2. The Morgan fingerprint density at radius 1 is 0.810 bits per heavy atom. The zero-order valence-electron chi connectivity index (χ0n) is 21.7. The van der Waals surface area contributed by atoms with Gasteiger partial charge in [0.25, 0.3) is 11.8 Å². The molecule has 0 spiro atoms. The summed E-state index contributed by atoms with van der Waals surface area (Å²) in [6, 6.07) is 18.3. The molecule has 3 heterocycles. The number of amides is 2. The first kappa shape index (κ1) is 26.5. The molecule has 3 aliphatic rings. The van der Waals surface area contributed by atoms with Gasteiger partial charge in [-0.15, -0.1) is 23.2 Å². The number of hydrogen-bond donors (Lipinski definition) is 1. The maximum Gasteiger partial charge on any atom is 0.352 e. The molecule has 3 aromatic carbocycles. The number of nitrogens with zero attached hydrogens (tertiary/aromatic N) is 4. The molecule has 4 atom stereocenters. The molecule has 1 saturated carbocycles. The summed E-state index contributed by atoms with van der Waals surface area (Å²) in [4.78, 5) is 52.5. The molecule has 2 aliphatic heterocycles. The Labute approximate surface area is 247 Å². The number of fused-ring (bicyclic) bond motifs is 4. The highest BCUT2D eigenvalue weighted by Gasteiger charge is 2.75. The van der Waals surface area contributed by atoms with E-state index in [1.165, 1.54) is 33.6 Å². The average molecular weight is 607 g/mol. The number of alkyl halides is 2. The molecule has 4 unspecified atom stereocenters. The number of phenolic OH excluding ortho intramolecular Hbond substituents is 1. The van der Waals surface area contributed by atoms with E-state index in [-0.39, 0.29) is 24.4 Å². The number of hydrogen-bond acceptors (Lipinski definition) is 5. The average Bonchev–Trinajstić information content (AvgIpc) is 3.32. The van der Waals surface area contributed by atoms with Crippen LogP contribution in [0.1, 0.15) is 23.9 Å². The van der Waals surface area contributed by atoms with E-state index in [2.05, 4.69) is 0 Å². The highest BCUT2D eigenvalue weighted by molar-refractivity contribution is 6.58. The van der Waals surface area contributed by atoms with Crippen LogP contribution in [0.15, 0.2) is 100 Å². The molecule has 1 saturated heterocycles. The van der Waals surface area contributed by atoms with Crippen LogP contribution in [0.5, 0.6) is 5.75 Å². The van der Waals surface area contributed by atoms with Crippen molar-refractivity contribution in [2.75, 3.05) is 4.90 Å². The van der Waals surface area contributed by atoms with Gasteiger partial charge in [-0.1, -0.05) is 36.4 Å². The molecule has 1 aromatic heterocycles. The number of imide groups is 1. The molecule has 42 heavy (non-hydrogen) atoms. The minimum atomic E-state index is -2.07. The lowest BCUT2D eigenvalue weighted by molar-refractivity contribution is -0.122. The van der Waals surface area contributed by atoms with Crippen molar-refractivity contribution >= 4 is 40.7 Å². The predicted octanol–water partition coefficient (Wildman–Crippen LogP) is 3.84. The largest absolute Gasteiger partial charge is 0.508 e. The first-order valence-electron chi connectivity index (χ1n) is 13.1. The topological polar surface area (TPSA) is 107 Å². The van der Waals surface area contributed by atoms with Crippen molar-refractivity contribution in [3.63, 3.8) is 0 Å². The van der Waals surface area contributed by atoms with Gasteiger partial charge < -0.3 is 5.11 Å². The second kappa shape index (κ2) is 9.04. The summed E-state index contributed by atoms with van der Waals surface area (Å²) in [6.07, 6.45) is 1.45. The van der Waals surface area contributed by atoms with E-state index < -0.39 is 50.7 Å². The van der Waals surface area contributed by atoms with E-state index >= 15 is 0 Å². The second-order valence-corrected chi connectivity index (χ2v) is 11.8. The summed E-state index contributed by atoms with van der Waals surface area (Å²) in [7, 11) is 0. The van der Waals surface area contributed by atoms with Gasteiger partial charge in [0, 0.05) is 12.3 Å². The van der Waals surface area contributed by atoms with Gasteiger partial charge >= 0.3 is 11.4 Å². The van der Waals surface area contributed by atoms with Crippen LogP contribution < -0.4 is 16.3 Å². The standard InChI is InChI=1S/C30H21Cl2FN4O5/c31-29-16-23-22(14-15-34-27(41)36(28(42)37(23)34)19-4-2-1-3-5-19)24(17-6-12-21(38)13-7-17)30(29,32)26(40)35(25(29)39)20-10-8-18(33)9-11-20/h1-14,23-24,38H,15-16H2. The van der Waals surface area contributed by atoms with E-state index in [0.29, 0.717) is 16.8 Å². The number of halogens is 3. The highest BCUT2D eigenvalue weighted by atomic mass is 35.5. The molecule has 0 radical (unpaired) electrons. The van der Waals surface area contributed by atoms with Crippen molar-refractivity contribution in [1.82, 2.24) is 13.9 Å². The van der Waals surface area contributed by atoms with E-state index in [0.717, 1.165) is 21.6 Å². The third kappa shape index (κ3) is 3.36. The predicted molar refractivity (Wildman–Crippen MR) is 153 cm³/mol. The molecular formula is C30H21Cl2FN4O5. The van der Waals surface area contributed by atoms with Crippen molar-refractivity contribution in [3.05, 3.63) is 123 Å². The molecule has 1 aliphatic carbocycles. The Hall–Kier alpha value is -4.41. The molecule has 212 valence electrons. The van der Waals surface area contributed by atoms with Gasteiger partial charge in [0.15, 0.2) is 9.75 Å². The van der Waals surface area contributed by atoms with E-state index in [1.807, 2.05) is 0 Å². The van der Waals surface area contributed by atoms with Gasteiger partial charge in [-0.3, -0.25) is 9.59 Å². The van der Waals surface area contributed by atoms with E-state index in [9.17, 15) is 28.7 Å². The molecular weight excluding hydrogens is 586 g/mol. The van der Waals surface area contributed by atoms with Crippen LogP contribution >= 0.6 is 23.2 Å². The monoisotopic (exact) mass is 606 g/mol. The molecule has 12 heteroatoms. The van der Waals surface area contributed by atoms with Crippen LogP contribution in [0.25, 0.3) is 5.69 Å². The van der Waals surface area contributed by atoms with Crippen LogP contribution in [0.3, 0.4) is 0 Å². The Morgan fingerprint density at radius 2 is 1.48 bits per heavy atom. The summed E-state index contributed by atoms with van der Waals surface area (Å²) in [5.41, 5.74) is 0.248. The van der Waals surface area contributed by atoms with Crippen molar-refractivity contribution < 1.29 is 19.1 Å². The quantitative estimate of drug-likeness (QED) is 0.217. The maximum atomic E-state index is 14.2. The summed E-state index contributed by atoms with van der Waals surface area (Å²) in [6.45, 7) is 0.000389. The zero-order valence-corrected chi connectivity index (χ0v) is 23.2. The van der Waals surface area contributed by atoms with E-state index in [1.54, 1.807) is 48.5 Å². The smallest absolute Gasteiger partial charge is 0.352 e. The Bertz CT molecular complexity index is 1930. The van der Waals surface area contributed by atoms with Crippen LogP contribution in [-0.4, -0.2) is 40.6 Å². The molecule has 4 aromatic rings. The zero-order chi connectivity index (χ0) is 29.6. The van der Waals surface area contributed by atoms with Crippen molar-refractivity contribution in [1.29, 1.82) is 0 Å². The number of benzene rings is 3. The number of para-hydroxylation sites is 1. The van der Waals surface area contributed by atoms with Crippen molar-refractivity contribution in [2.45, 2.75) is 34.7 Å². The van der Waals surface area contributed by atoms with Gasteiger partial charge in [-0.2, -0.15) is 0 Å². The van der Waals surface area contributed by atoms with Gasteiger partial charge in [-0.25, -0.2) is 32.8 Å².